The Labute approximate surface area is 119 Å². The third kappa shape index (κ3) is 3.51. The van der Waals surface area contributed by atoms with Crippen molar-refractivity contribution < 1.29 is 9.31 Å². The van der Waals surface area contributed by atoms with Crippen LogP contribution in [-0.2, 0) is 6.54 Å². The van der Waals surface area contributed by atoms with E-state index >= 15 is 0 Å². The Morgan fingerprint density at radius 3 is 2.95 bits per heavy atom. The standard InChI is InChI=1S/C13H16BrFN2O2/c1-9-3-2-4-16(7-9)8-11-12(15)5-10(14)6-13(11)17(18)19/h5-6,9H,2-4,7-8H2,1H3. The van der Waals surface area contributed by atoms with Crippen molar-refractivity contribution in [2.45, 2.75) is 26.3 Å². The molecule has 1 fully saturated rings. The van der Waals surface area contributed by atoms with Crippen molar-refractivity contribution in [3.8, 4) is 0 Å². The smallest absolute Gasteiger partial charge is 0.277 e. The molecule has 0 bridgehead atoms. The molecule has 0 aliphatic carbocycles. The second-order valence-electron chi connectivity index (χ2n) is 5.12. The Morgan fingerprint density at radius 2 is 2.32 bits per heavy atom. The van der Waals surface area contributed by atoms with Gasteiger partial charge in [0.15, 0.2) is 0 Å². The molecule has 1 aliphatic rings. The maximum absolute atomic E-state index is 14.0. The molecule has 1 aromatic rings. The number of nitro groups is 1. The van der Waals surface area contributed by atoms with E-state index in [0.29, 0.717) is 16.9 Å². The molecule has 0 spiro atoms. The van der Waals surface area contributed by atoms with Crippen molar-refractivity contribution in [3.05, 3.63) is 38.1 Å². The number of nitrogens with zero attached hydrogens (tertiary/aromatic N) is 2. The fraction of sp³-hybridized carbons (Fsp3) is 0.538. The number of hydrogen-bond donors (Lipinski definition) is 0. The number of rotatable bonds is 3. The second-order valence-corrected chi connectivity index (χ2v) is 6.04. The van der Waals surface area contributed by atoms with Crippen molar-refractivity contribution in [2.24, 2.45) is 5.92 Å². The molecule has 1 unspecified atom stereocenters. The molecule has 4 nitrogen and oxygen atoms in total. The van der Waals surface area contributed by atoms with E-state index in [9.17, 15) is 14.5 Å². The first kappa shape index (κ1) is 14.4. The minimum Gasteiger partial charge on any atom is -0.298 e. The molecular weight excluding hydrogens is 315 g/mol. The Kier molecular flexibility index (Phi) is 4.52. The van der Waals surface area contributed by atoms with Crippen LogP contribution in [0, 0.1) is 21.8 Å². The third-order valence-electron chi connectivity index (χ3n) is 3.46. The second kappa shape index (κ2) is 5.96. The number of benzene rings is 1. The molecule has 104 valence electrons. The van der Waals surface area contributed by atoms with E-state index in [1.54, 1.807) is 0 Å². The third-order valence-corrected chi connectivity index (χ3v) is 3.91. The van der Waals surface area contributed by atoms with Crippen LogP contribution in [0.3, 0.4) is 0 Å². The zero-order valence-corrected chi connectivity index (χ0v) is 12.3. The van der Waals surface area contributed by atoms with Crippen molar-refractivity contribution in [1.29, 1.82) is 0 Å². The summed E-state index contributed by atoms with van der Waals surface area (Å²) in [5.74, 6) is 0.0469. The first-order valence-electron chi connectivity index (χ1n) is 6.32. The lowest BCUT2D eigenvalue weighted by atomic mass is 9.99. The number of hydrogen-bond acceptors (Lipinski definition) is 3. The summed E-state index contributed by atoms with van der Waals surface area (Å²) in [5.41, 5.74) is 0.0346. The van der Waals surface area contributed by atoms with Gasteiger partial charge in [-0.05, 0) is 31.4 Å². The fourth-order valence-electron chi connectivity index (χ4n) is 2.56. The minimum absolute atomic E-state index is 0.148. The van der Waals surface area contributed by atoms with Gasteiger partial charge >= 0.3 is 0 Å². The van der Waals surface area contributed by atoms with E-state index in [-0.39, 0.29) is 11.3 Å². The molecule has 2 rings (SSSR count). The molecule has 0 amide bonds. The van der Waals surface area contributed by atoms with Crippen LogP contribution in [0.25, 0.3) is 0 Å². The topological polar surface area (TPSA) is 46.4 Å². The molecule has 0 aromatic heterocycles. The summed E-state index contributed by atoms with van der Waals surface area (Å²) in [6.07, 6.45) is 2.23. The van der Waals surface area contributed by atoms with Crippen molar-refractivity contribution >= 4 is 21.6 Å². The summed E-state index contributed by atoms with van der Waals surface area (Å²) in [6, 6.07) is 2.65. The van der Waals surface area contributed by atoms with Gasteiger partial charge in [0, 0.05) is 23.6 Å². The van der Waals surface area contributed by atoms with E-state index in [1.165, 1.54) is 18.6 Å². The van der Waals surface area contributed by atoms with Crippen LogP contribution < -0.4 is 0 Å². The van der Waals surface area contributed by atoms with Crippen molar-refractivity contribution in [3.63, 3.8) is 0 Å². The monoisotopic (exact) mass is 330 g/mol. The van der Waals surface area contributed by atoms with Gasteiger partial charge in [-0.15, -0.1) is 0 Å². The lowest BCUT2D eigenvalue weighted by Crippen LogP contribution is -2.34. The van der Waals surface area contributed by atoms with E-state index in [4.69, 9.17) is 0 Å². The van der Waals surface area contributed by atoms with Crippen LogP contribution in [0.2, 0.25) is 0 Å². The van der Waals surface area contributed by atoms with Crippen LogP contribution >= 0.6 is 15.9 Å². The normalized spacial score (nSPS) is 20.5. The van der Waals surface area contributed by atoms with Crippen LogP contribution in [0.15, 0.2) is 16.6 Å². The van der Waals surface area contributed by atoms with Crippen LogP contribution in [0.1, 0.15) is 25.3 Å². The summed E-state index contributed by atoms with van der Waals surface area (Å²) < 4.78 is 14.4. The van der Waals surface area contributed by atoms with Crippen LogP contribution in [-0.4, -0.2) is 22.9 Å². The van der Waals surface area contributed by atoms with E-state index in [1.807, 2.05) is 0 Å². The number of nitro benzene ring substituents is 1. The highest BCUT2D eigenvalue weighted by atomic mass is 79.9. The zero-order chi connectivity index (χ0) is 14.0. The Bertz CT molecular complexity index is 496. The maximum atomic E-state index is 14.0. The van der Waals surface area contributed by atoms with Gasteiger partial charge in [0.05, 0.1) is 10.5 Å². The van der Waals surface area contributed by atoms with Crippen LogP contribution in [0.5, 0.6) is 0 Å². The number of likely N-dealkylation sites (tertiary alicyclic amines) is 1. The van der Waals surface area contributed by atoms with Crippen LogP contribution in [0.4, 0.5) is 10.1 Å². The predicted octanol–water partition coefficient (Wildman–Crippen LogP) is 3.73. The highest BCUT2D eigenvalue weighted by Crippen LogP contribution is 2.29. The molecule has 0 saturated carbocycles. The highest BCUT2D eigenvalue weighted by Gasteiger charge is 2.24. The van der Waals surface area contributed by atoms with Gasteiger partial charge in [0.1, 0.15) is 5.82 Å². The zero-order valence-electron chi connectivity index (χ0n) is 10.7. The van der Waals surface area contributed by atoms with E-state index < -0.39 is 10.7 Å². The molecule has 0 N–H and O–H groups in total. The summed E-state index contributed by atoms with van der Waals surface area (Å²) >= 11 is 3.09. The lowest BCUT2D eigenvalue weighted by molar-refractivity contribution is -0.386. The Hall–Kier alpha value is -1.01. The van der Waals surface area contributed by atoms with Crippen molar-refractivity contribution in [1.82, 2.24) is 4.90 Å². The average Bonchev–Trinajstić information content (AvgIpc) is 2.32. The van der Waals surface area contributed by atoms with Gasteiger partial charge in [-0.3, -0.25) is 15.0 Å². The summed E-state index contributed by atoms with van der Waals surface area (Å²) in [5, 5.41) is 11.0. The molecule has 1 atom stereocenters. The SMILES string of the molecule is CC1CCCN(Cc2c(F)cc(Br)cc2[N+](=O)[O-])C1. The minimum atomic E-state index is -0.517. The maximum Gasteiger partial charge on any atom is 0.277 e. The molecule has 1 aliphatic heterocycles. The van der Waals surface area contributed by atoms with Gasteiger partial charge in [0.25, 0.3) is 5.69 Å². The summed E-state index contributed by atoms with van der Waals surface area (Å²) in [6.45, 7) is 4.20. The molecule has 1 aromatic carbocycles. The van der Waals surface area contributed by atoms with E-state index in [0.717, 1.165) is 19.5 Å². The molecule has 1 heterocycles. The van der Waals surface area contributed by atoms with Gasteiger partial charge in [-0.2, -0.15) is 0 Å². The molecular formula is C13H16BrFN2O2. The first-order chi connectivity index (χ1) is 8.97. The predicted molar refractivity (Wildman–Crippen MR) is 74.4 cm³/mol. The molecule has 19 heavy (non-hydrogen) atoms. The summed E-state index contributed by atoms with van der Waals surface area (Å²) in [4.78, 5) is 12.6. The average molecular weight is 331 g/mol. The molecule has 1 saturated heterocycles. The van der Waals surface area contributed by atoms with Gasteiger partial charge in [0.2, 0.25) is 0 Å². The Morgan fingerprint density at radius 1 is 1.58 bits per heavy atom. The lowest BCUT2D eigenvalue weighted by Gasteiger charge is -2.30. The summed E-state index contributed by atoms with van der Waals surface area (Å²) in [7, 11) is 0. The number of halogens is 2. The first-order valence-corrected chi connectivity index (χ1v) is 7.11. The largest absolute Gasteiger partial charge is 0.298 e. The fourth-order valence-corrected chi connectivity index (χ4v) is 2.98. The molecule has 0 radical (unpaired) electrons. The van der Waals surface area contributed by atoms with Gasteiger partial charge in [-0.25, -0.2) is 4.39 Å². The quantitative estimate of drug-likeness (QED) is 0.626. The van der Waals surface area contributed by atoms with E-state index in [2.05, 4.69) is 27.8 Å². The van der Waals surface area contributed by atoms with Gasteiger partial charge < -0.3 is 0 Å². The Balaban J connectivity index is 2.26. The van der Waals surface area contributed by atoms with Gasteiger partial charge in [-0.1, -0.05) is 22.9 Å². The number of piperidine rings is 1. The highest BCUT2D eigenvalue weighted by molar-refractivity contribution is 9.10. The molecule has 6 heteroatoms. The van der Waals surface area contributed by atoms with Crippen molar-refractivity contribution in [2.75, 3.05) is 13.1 Å².